The van der Waals surface area contributed by atoms with Gasteiger partial charge in [0.25, 0.3) is 0 Å². The van der Waals surface area contributed by atoms with Crippen LogP contribution >= 0.6 is 0 Å². The number of ether oxygens (including phenoxy) is 1. The molecule has 1 aromatic heterocycles. The lowest BCUT2D eigenvalue weighted by Crippen LogP contribution is -2.48. The average Bonchev–Trinajstić information content (AvgIpc) is 3.12. The number of guanidine groups is 1. The molecule has 29 heavy (non-hydrogen) atoms. The van der Waals surface area contributed by atoms with Crippen LogP contribution in [0.25, 0.3) is 0 Å². The van der Waals surface area contributed by atoms with Gasteiger partial charge in [-0.15, -0.1) is 0 Å². The van der Waals surface area contributed by atoms with Crippen LogP contribution in [0, 0.1) is 5.92 Å². The van der Waals surface area contributed by atoms with Crippen molar-refractivity contribution < 1.29 is 17.9 Å². The summed E-state index contributed by atoms with van der Waals surface area (Å²) >= 11 is 0. The largest absolute Gasteiger partial charge is 0.401 e. The van der Waals surface area contributed by atoms with Crippen LogP contribution in [-0.2, 0) is 11.8 Å². The van der Waals surface area contributed by atoms with Crippen molar-refractivity contribution in [3.8, 4) is 0 Å². The number of hydrogen-bond donors (Lipinski definition) is 1. The summed E-state index contributed by atoms with van der Waals surface area (Å²) in [4.78, 5) is 8.10. The molecule has 0 spiro atoms. The maximum atomic E-state index is 12.5. The lowest BCUT2D eigenvalue weighted by atomic mass is 9.93. The standard InChI is InChI=1S/C19H31F3N6O/c1-23-18(28-9-10-29-17(13-28)16-11-25-26(2)12-16)24-6-3-15-4-7-27(8-5-15)14-19(20,21)22/h11-12,15,17H,3-10,13-14H2,1-2H3,(H,23,24). The van der Waals surface area contributed by atoms with E-state index in [1.54, 1.807) is 11.7 Å². The molecule has 164 valence electrons. The number of morpholine rings is 1. The topological polar surface area (TPSA) is 57.9 Å². The number of rotatable bonds is 5. The molecule has 1 aromatic rings. The average molecular weight is 416 g/mol. The third kappa shape index (κ3) is 6.60. The number of nitrogens with one attached hydrogen (secondary N) is 1. The molecule has 3 rings (SSSR count). The van der Waals surface area contributed by atoms with E-state index < -0.39 is 12.7 Å². The number of piperidine rings is 1. The monoisotopic (exact) mass is 416 g/mol. The zero-order valence-corrected chi connectivity index (χ0v) is 17.2. The second-order valence-corrected chi connectivity index (χ2v) is 7.85. The van der Waals surface area contributed by atoms with Gasteiger partial charge in [0.05, 0.1) is 25.9 Å². The molecule has 1 atom stereocenters. The first-order valence-electron chi connectivity index (χ1n) is 10.2. The van der Waals surface area contributed by atoms with E-state index in [1.165, 1.54) is 4.90 Å². The third-order valence-corrected chi connectivity index (χ3v) is 5.62. The minimum atomic E-state index is -4.10. The maximum Gasteiger partial charge on any atom is 0.401 e. The molecule has 0 aliphatic carbocycles. The van der Waals surface area contributed by atoms with Gasteiger partial charge in [0.1, 0.15) is 6.10 Å². The second-order valence-electron chi connectivity index (χ2n) is 7.85. The summed E-state index contributed by atoms with van der Waals surface area (Å²) in [7, 11) is 3.66. The fourth-order valence-electron chi connectivity index (χ4n) is 4.06. The molecule has 0 amide bonds. The zero-order valence-electron chi connectivity index (χ0n) is 17.2. The summed E-state index contributed by atoms with van der Waals surface area (Å²) in [5.74, 6) is 1.30. The molecular formula is C19H31F3N6O. The smallest absolute Gasteiger partial charge is 0.370 e. The minimum Gasteiger partial charge on any atom is -0.370 e. The SMILES string of the molecule is CN=C(NCCC1CCN(CC(F)(F)F)CC1)N1CCOC(c2cnn(C)c2)C1. The van der Waals surface area contributed by atoms with E-state index in [9.17, 15) is 13.2 Å². The van der Waals surface area contributed by atoms with Gasteiger partial charge in [-0.2, -0.15) is 18.3 Å². The van der Waals surface area contributed by atoms with Gasteiger partial charge in [-0.3, -0.25) is 14.6 Å². The molecule has 2 aliphatic heterocycles. The van der Waals surface area contributed by atoms with E-state index in [0.29, 0.717) is 32.2 Å². The Bertz CT molecular complexity index is 669. The Morgan fingerprint density at radius 3 is 2.69 bits per heavy atom. The molecule has 10 heteroatoms. The fourth-order valence-corrected chi connectivity index (χ4v) is 4.06. The third-order valence-electron chi connectivity index (χ3n) is 5.62. The van der Waals surface area contributed by atoms with Gasteiger partial charge in [0.2, 0.25) is 0 Å². The molecule has 2 saturated heterocycles. The summed E-state index contributed by atoms with van der Waals surface area (Å²) in [5, 5.41) is 7.63. The molecule has 2 fully saturated rings. The Kier molecular flexibility index (Phi) is 7.39. The van der Waals surface area contributed by atoms with Crippen LogP contribution in [0.3, 0.4) is 0 Å². The number of hydrogen-bond acceptors (Lipinski definition) is 4. The van der Waals surface area contributed by atoms with Gasteiger partial charge in [0.15, 0.2) is 5.96 Å². The molecule has 0 bridgehead atoms. The van der Waals surface area contributed by atoms with E-state index in [-0.39, 0.29) is 6.10 Å². The molecule has 3 heterocycles. The Morgan fingerprint density at radius 1 is 1.31 bits per heavy atom. The summed E-state index contributed by atoms with van der Waals surface area (Å²) in [6.45, 7) is 3.13. The molecule has 0 saturated carbocycles. The van der Waals surface area contributed by atoms with Crippen molar-refractivity contribution in [3.63, 3.8) is 0 Å². The van der Waals surface area contributed by atoms with Crippen LogP contribution in [0.5, 0.6) is 0 Å². The minimum absolute atomic E-state index is 0.0334. The van der Waals surface area contributed by atoms with Crippen LogP contribution in [-0.4, -0.2) is 84.6 Å². The van der Waals surface area contributed by atoms with Gasteiger partial charge in [-0.1, -0.05) is 0 Å². The Labute approximate surface area is 169 Å². The van der Waals surface area contributed by atoms with Crippen molar-refractivity contribution in [2.45, 2.75) is 31.5 Å². The summed E-state index contributed by atoms with van der Waals surface area (Å²) in [6, 6.07) is 0. The zero-order chi connectivity index (χ0) is 20.9. The number of nitrogens with zero attached hydrogens (tertiary/aromatic N) is 5. The highest BCUT2D eigenvalue weighted by Crippen LogP contribution is 2.24. The van der Waals surface area contributed by atoms with Crippen LogP contribution in [0.1, 0.15) is 30.9 Å². The van der Waals surface area contributed by atoms with Gasteiger partial charge in [-0.05, 0) is 38.3 Å². The van der Waals surface area contributed by atoms with E-state index in [1.807, 2.05) is 19.4 Å². The van der Waals surface area contributed by atoms with Crippen molar-refractivity contribution in [1.29, 1.82) is 0 Å². The van der Waals surface area contributed by atoms with Crippen molar-refractivity contribution in [2.75, 3.05) is 52.9 Å². The van der Waals surface area contributed by atoms with Crippen LogP contribution < -0.4 is 5.32 Å². The first-order valence-corrected chi connectivity index (χ1v) is 10.2. The molecule has 0 aromatic carbocycles. The molecule has 7 nitrogen and oxygen atoms in total. The van der Waals surface area contributed by atoms with Crippen LogP contribution in [0.15, 0.2) is 17.4 Å². The molecule has 2 aliphatic rings. The predicted octanol–water partition coefficient (Wildman–Crippen LogP) is 2.03. The Morgan fingerprint density at radius 2 is 2.07 bits per heavy atom. The summed E-state index contributed by atoms with van der Waals surface area (Å²) in [5.41, 5.74) is 1.05. The quantitative estimate of drug-likeness (QED) is 0.588. The van der Waals surface area contributed by atoms with Gasteiger partial charge in [-0.25, -0.2) is 0 Å². The number of alkyl halides is 3. The van der Waals surface area contributed by atoms with Crippen LogP contribution in [0.4, 0.5) is 13.2 Å². The first-order chi connectivity index (χ1) is 13.8. The van der Waals surface area contributed by atoms with Crippen molar-refractivity contribution >= 4 is 5.96 Å². The van der Waals surface area contributed by atoms with Crippen molar-refractivity contribution in [2.24, 2.45) is 18.0 Å². The highest BCUT2D eigenvalue weighted by molar-refractivity contribution is 5.80. The molecule has 1 unspecified atom stereocenters. The Hall–Kier alpha value is -1.81. The lowest BCUT2D eigenvalue weighted by Gasteiger charge is -2.35. The van der Waals surface area contributed by atoms with E-state index >= 15 is 0 Å². The highest BCUT2D eigenvalue weighted by Gasteiger charge is 2.32. The number of aliphatic imine (C=N–C) groups is 1. The Balaban J connectivity index is 1.40. The lowest BCUT2D eigenvalue weighted by molar-refractivity contribution is -0.148. The number of halogens is 3. The molecule has 0 radical (unpaired) electrons. The number of likely N-dealkylation sites (tertiary alicyclic amines) is 1. The maximum absolute atomic E-state index is 12.5. The second kappa shape index (κ2) is 9.80. The summed E-state index contributed by atoms with van der Waals surface area (Å²) < 4.78 is 45.1. The van der Waals surface area contributed by atoms with E-state index in [4.69, 9.17) is 4.74 Å². The van der Waals surface area contributed by atoms with E-state index in [0.717, 1.165) is 43.9 Å². The van der Waals surface area contributed by atoms with E-state index in [2.05, 4.69) is 20.3 Å². The fraction of sp³-hybridized carbons (Fsp3) is 0.789. The number of aryl methyl sites for hydroxylation is 1. The summed E-state index contributed by atoms with van der Waals surface area (Å²) in [6.07, 6.45) is 2.23. The van der Waals surface area contributed by atoms with Crippen molar-refractivity contribution in [3.05, 3.63) is 18.0 Å². The molecular weight excluding hydrogens is 385 g/mol. The van der Waals surface area contributed by atoms with Gasteiger partial charge >= 0.3 is 6.18 Å². The van der Waals surface area contributed by atoms with Gasteiger partial charge in [0, 0.05) is 38.9 Å². The van der Waals surface area contributed by atoms with Crippen molar-refractivity contribution in [1.82, 2.24) is 24.9 Å². The first kappa shape index (κ1) is 21.9. The van der Waals surface area contributed by atoms with Gasteiger partial charge < -0.3 is 15.0 Å². The number of aromatic nitrogens is 2. The highest BCUT2D eigenvalue weighted by atomic mass is 19.4. The van der Waals surface area contributed by atoms with Crippen LogP contribution in [0.2, 0.25) is 0 Å². The predicted molar refractivity (Wildman–Crippen MR) is 105 cm³/mol. The molecule has 1 N–H and O–H groups in total. The normalized spacial score (nSPS) is 22.9.